The third-order valence-electron chi connectivity index (χ3n) is 0.753. The van der Waals surface area contributed by atoms with E-state index in [0.29, 0.717) is 0 Å². The summed E-state index contributed by atoms with van der Waals surface area (Å²) in [5.74, 6) is 0. The van der Waals surface area contributed by atoms with E-state index >= 15 is 0 Å². The highest BCUT2D eigenvalue weighted by Gasteiger charge is 1.73. The zero-order chi connectivity index (χ0) is 6.41. The van der Waals surface area contributed by atoms with E-state index in [0.717, 1.165) is 0 Å². The Morgan fingerprint density at radius 3 is 2.12 bits per heavy atom. The van der Waals surface area contributed by atoms with Gasteiger partial charge in [-0.3, -0.25) is 0 Å². The molecule has 46 valence electrons. The Labute approximate surface area is 50.7 Å². The number of rotatable bonds is 0. The van der Waals surface area contributed by atoms with Crippen molar-refractivity contribution in [2.45, 2.75) is 20.8 Å². The van der Waals surface area contributed by atoms with Crippen LogP contribution in [0, 0.1) is 6.92 Å². The van der Waals surface area contributed by atoms with Gasteiger partial charge in [-0.15, -0.1) is 0 Å². The molecule has 0 aliphatic heterocycles. The minimum absolute atomic E-state index is 1.29. The maximum absolute atomic E-state index is 2.93. The highest BCUT2D eigenvalue weighted by molar-refractivity contribution is 5.03. The normalized spacial score (nSPS) is 7.38. The fourth-order valence-corrected chi connectivity index (χ4v) is 0.407. The third-order valence-corrected chi connectivity index (χ3v) is 0.753. The molecule has 1 N–H and O–H groups in total. The van der Waals surface area contributed by atoms with Crippen molar-refractivity contribution in [3.05, 3.63) is 24.0 Å². The Hall–Kier alpha value is -0.720. The average molecular weight is 111 g/mol. The number of H-pyrrole nitrogens is 1. The molecule has 0 bridgehead atoms. The largest absolute Gasteiger partial charge is 0.367 e. The second-order valence-corrected chi connectivity index (χ2v) is 1.39. The summed E-state index contributed by atoms with van der Waals surface area (Å²) in [5.41, 5.74) is 1.29. The molecular formula is C7H13N. The van der Waals surface area contributed by atoms with Crippen LogP contribution in [0.1, 0.15) is 19.4 Å². The number of aryl methyl sites for hydroxylation is 1. The molecule has 8 heavy (non-hydrogen) atoms. The van der Waals surface area contributed by atoms with E-state index in [-0.39, 0.29) is 0 Å². The Morgan fingerprint density at radius 2 is 2.00 bits per heavy atom. The van der Waals surface area contributed by atoms with Gasteiger partial charge in [-0.2, -0.15) is 0 Å². The van der Waals surface area contributed by atoms with Gasteiger partial charge in [0, 0.05) is 12.4 Å². The van der Waals surface area contributed by atoms with E-state index < -0.39 is 0 Å². The molecule has 0 saturated carbocycles. The van der Waals surface area contributed by atoms with Crippen molar-refractivity contribution in [3.8, 4) is 0 Å². The molecule has 0 aliphatic rings. The van der Waals surface area contributed by atoms with Gasteiger partial charge in [-0.05, 0) is 18.6 Å². The maximum atomic E-state index is 2.93. The fraction of sp³-hybridized carbons (Fsp3) is 0.429. The summed E-state index contributed by atoms with van der Waals surface area (Å²) in [5, 5.41) is 0. The smallest absolute Gasteiger partial charge is 0.00345 e. The zero-order valence-corrected chi connectivity index (χ0v) is 5.73. The SMILES string of the molecule is CC.Cc1cc[nH]c1. The van der Waals surface area contributed by atoms with Gasteiger partial charge in [0.2, 0.25) is 0 Å². The molecule has 0 aromatic carbocycles. The molecule has 1 rings (SSSR count). The van der Waals surface area contributed by atoms with Gasteiger partial charge >= 0.3 is 0 Å². The fourth-order valence-electron chi connectivity index (χ4n) is 0.407. The van der Waals surface area contributed by atoms with Crippen LogP contribution in [0.5, 0.6) is 0 Å². The molecule has 0 spiro atoms. The summed E-state index contributed by atoms with van der Waals surface area (Å²) < 4.78 is 0. The highest BCUT2D eigenvalue weighted by atomic mass is 14.6. The van der Waals surface area contributed by atoms with Gasteiger partial charge in [-0.1, -0.05) is 13.8 Å². The van der Waals surface area contributed by atoms with E-state index in [1.54, 1.807) is 0 Å². The lowest BCUT2D eigenvalue weighted by atomic mass is 10.4. The minimum Gasteiger partial charge on any atom is -0.367 e. The van der Waals surface area contributed by atoms with Crippen LogP contribution in [0.25, 0.3) is 0 Å². The lowest BCUT2D eigenvalue weighted by molar-refractivity contribution is 1.39. The highest BCUT2D eigenvalue weighted by Crippen LogP contribution is 1.88. The zero-order valence-electron chi connectivity index (χ0n) is 5.73. The second-order valence-electron chi connectivity index (χ2n) is 1.39. The van der Waals surface area contributed by atoms with E-state index in [2.05, 4.69) is 11.9 Å². The Morgan fingerprint density at radius 1 is 1.38 bits per heavy atom. The van der Waals surface area contributed by atoms with E-state index in [9.17, 15) is 0 Å². The summed E-state index contributed by atoms with van der Waals surface area (Å²) in [4.78, 5) is 2.93. The van der Waals surface area contributed by atoms with Gasteiger partial charge in [0.05, 0.1) is 0 Å². The van der Waals surface area contributed by atoms with Gasteiger partial charge in [0.1, 0.15) is 0 Å². The average Bonchev–Trinajstić information content (AvgIpc) is 2.24. The molecular weight excluding hydrogens is 98.1 g/mol. The molecule has 1 nitrogen and oxygen atoms in total. The van der Waals surface area contributed by atoms with Crippen molar-refractivity contribution in [2.75, 3.05) is 0 Å². The monoisotopic (exact) mass is 111 g/mol. The molecule has 1 heteroatoms. The van der Waals surface area contributed by atoms with Crippen molar-refractivity contribution in [3.63, 3.8) is 0 Å². The number of aromatic nitrogens is 1. The Balaban J connectivity index is 0.000000222. The Kier molecular flexibility index (Phi) is 4.04. The van der Waals surface area contributed by atoms with Crippen LogP contribution >= 0.6 is 0 Å². The van der Waals surface area contributed by atoms with Crippen LogP contribution in [-0.2, 0) is 0 Å². The molecule has 0 radical (unpaired) electrons. The second kappa shape index (κ2) is 4.44. The molecule has 0 unspecified atom stereocenters. The lowest BCUT2D eigenvalue weighted by Crippen LogP contribution is -1.50. The van der Waals surface area contributed by atoms with E-state index in [1.165, 1.54) is 5.56 Å². The van der Waals surface area contributed by atoms with Gasteiger partial charge in [0.25, 0.3) is 0 Å². The molecule has 0 saturated heterocycles. The number of hydrogen-bond donors (Lipinski definition) is 1. The van der Waals surface area contributed by atoms with Crippen LogP contribution in [0.15, 0.2) is 18.5 Å². The topological polar surface area (TPSA) is 15.8 Å². The van der Waals surface area contributed by atoms with Gasteiger partial charge < -0.3 is 4.98 Å². The first-order valence-corrected chi connectivity index (χ1v) is 2.99. The molecule has 0 amide bonds. The molecule has 0 atom stereocenters. The lowest BCUT2D eigenvalue weighted by Gasteiger charge is -1.65. The minimum atomic E-state index is 1.29. The van der Waals surface area contributed by atoms with Crippen LogP contribution < -0.4 is 0 Å². The first-order chi connectivity index (χ1) is 3.89. The predicted octanol–water partition coefficient (Wildman–Crippen LogP) is 2.35. The third kappa shape index (κ3) is 2.45. The summed E-state index contributed by atoms with van der Waals surface area (Å²) in [6.07, 6.45) is 3.87. The predicted molar refractivity (Wildman–Crippen MR) is 36.9 cm³/mol. The first-order valence-electron chi connectivity index (χ1n) is 2.99. The van der Waals surface area contributed by atoms with E-state index in [1.807, 2.05) is 32.3 Å². The van der Waals surface area contributed by atoms with Crippen LogP contribution in [0.4, 0.5) is 0 Å². The van der Waals surface area contributed by atoms with Crippen molar-refractivity contribution in [1.29, 1.82) is 0 Å². The van der Waals surface area contributed by atoms with Crippen LogP contribution in [-0.4, -0.2) is 4.98 Å². The molecule has 1 aromatic rings. The number of hydrogen-bond acceptors (Lipinski definition) is 0. The number of nitrogens with one attached hydrogen (secondary N) is 1. The van der Waals surface area contributed by atoms with Crippen LogP contribution in [0.2, 0.25) is 0 Å². The van der Waals surface area contributed by atoms with Gasteiger partial charge in [-0.25, -0.2) is 0 Å². The molecule has 0 fully saturated rings. The summed E-state index contributed by atoms with van der Waals surface area (Å²) in [6.45, 7) is 6.05. The van der Waals surface area contributed by atoms with E-state index in [4.69, 9.17) is 0 Å². The van der Waals surface area contributed by atoms with Crippen LogP contribution in [0.3, 0.4) is 0 Å². The summed E-state index contributed by atoms with van der Waals surface area (Å²) in [6, 6.07) is 2.03. The Bertz CT molecular complexity index is 108. The van der Waals surface area contributed by atoms with Crippen molar-refractivity contribution >= 4 is 0 Å². The quantitative estimate of drug-likeness (QED) is 0.529. The molecule has 0 aliphatic carbocycles. The maximum Gasteiger partial charge on any atom is 0.00345 e. The molecule has 1 heterocycles. The standard InChI is InChI=1S/C5H7N.C2H6/c1-5-2-3-6-4-5;1-2/h2-4,6H,1H3;1-2H3. The number of aromatic amines is 1. The summed E-state index contributed by atoms with van der Waals surface area (Å²) >= 11 is 0. The van der Waals surface area contributed by atoms with Gasteiger partial charge in [0.15, 0.2) is 0 Å². The molecule has 1 aromatic heterocycles. The van der Waals surface area contributed by atoms with Crippen molar-refractivity contribution < 1.29 is 0 Å². The summed E-state index contributed by atoms with van der Waals surface area (Å²) in [7, 11) is 0. The first kappa shape index (κ1) is 7.28. The van der Waals surface area contributed by atoms with Crippen molar-refractivity contribution in [1.82, 2.24) is 4.98 Å². The van der Waals surface area contributed by atoms with Crippen molar-refractivity contribution in [2.24, 2.45) is 0 Å².